The van der Waals surface area contributed by atoms with E-state index in [9.17, 15) is 69.0 Å². The number of fused-ring (bicyclic) bond motifs is 5. The number of amides is 1. The molecule has 5 unspecified atom stereocenters. The molecule has 4 rings (SSSR count). The van der Waals surface area contributed by atoms with Gasteiger partial charge in [0.1, 0.15) is 11.8 Å². The van der Waals surface area contributed by atoms with Crippen molar-refractivity contribution in [2.24, 2.45) is 46.3 Å². The van der Waals surface area contributed by atoms with Crippen molar-refractivity contribution in [2.45, 2.75) is 110 Å². The summed E-state index contributed by atoms with van der Waals surface area (Å²) < 4.78 is 0. The van der Waals surface area contributed by atoms with Gasteiger partial charge in [-0.1, -0.05) is 20.8 Å². The molecule has 0 heterocycles. The minimum atomic E-state index is -1.32. The van der Waals surface area contributed by atoms with Gasteiger partial charge in [-0.2, -0.15) is 0 Å². The largest absolute Gasteiger partial charge is 0.481 e. The van der Waals surface area contributed by atoms with Gasteiger partial charge in [-0.15, -0.1) is 0 Å². The number of hydrogen-bond donors (Lipinski definition) is 7. The third-order valence-corrected chi connectivity index (χ3v) is 14.7. The van der Waals surface area contributed by atoms with Crippen LogP contribution < -0.4 is 5.32 Å². The van der Waals surface area contributed by atoms with E-state index in [1.54, 1.807) is 0 Å². The van der Waals surface area contributed by atoms with Gasteiger partial charge in [0.15, 0.2) is 0 Å². The van der Waals surface area contributed by atoms with Gasteiger partial charge in [0.05, 0.1) is 26.2 Å². The van der Waals surface area contributed by atoms with E-state index < -0.39 is 73.5 Å². The Balaban J connectivity index is 1.39. The van der Waals surface area contributed by atoms with Crippen molar-refractivity contribution in [1.29, 1.82) is 0 Å². The first kappa shape index (κ1) is 47.5. The van der Waals surface area contributed by atoms with Gasteiger partial charge in [0.25, 0.3) is 0 Å². The van der Waals surface area contributed by atoms with Crippen LogP contribution in [0.1, 0.15) is 97.8 Å². The lowest BCUT2D eigenvalue weighted by molar-refractivity contribution is -0.158. The second kappa shape index (κ2) is 20.4. The van der Waals surface area contributed by atoms with Crippen molar-refractivity contribution in [2.75, 3.05) is 52.4 Å². The molecule has 10 atom stereocenters. The molecule has 4 aliphatic carbocycles. The summed E-state index contributed by atoms with van der Waals surface area (Å²) in [6, 6.07) is -1.46. The first-order chi connectivity index (χ1) is 27.6. The van der Waals surface area contributed by atoms with E-state index >= 15 is 0 Å². The van der Waals surface area contributed by atoms with Crippen LogP contribution in [-0.4, -0.2) is 157 Å². The van der Waals surface area contributed by atoms with Crippen LogP contribution in [0.25, 0.3) is 0 Å². The van der Waals surface area contributed by atoms with Gasteiger partial charge >= 0.3 is 35.8 Å². The van der Waals surface area contributed by atoms with Crippen LogP contribution in [0.5, 0.6) is 0 Å². The van der Waals surface area contributed by atoms with Crippen molar-refractivity contribution < 1.29 is 69.0 Å². The minimum Gasteiger partial charge on any atom is -0.481 e. The predicted octanol–water partition coefficient (Wildman–Crippen LogP) is 2.29. The number of nitrogens with one attached hydrogen (secondary N) is 1. The lowest BCUT2D eigenvalue weighted by Crippen LogP contribution is -2.58. The number of carbonyl (C=O) groups excluding carboxylic acids is 2. The summed E-state index contributed by atoms with van der Waals surface area (Å²) in [4.78, 5) is 101. The number of rotatable bonds is 24. The number of carboxylic acids is 6. The van der Waals surface area contributed by atoms with Crippen LogP contribution in [0.4, 0.5) is 0 Å². The molecule has 4 fully saturated rings. The first-order valence-corrected chi connectivity index (χ1v) is 21.0. The van der Waals surface area contributed by atoms with Crippen molar-refractivity contribution in [3.05, 3.63) is 0 Å². The lowest BCUT2D eigenvalue weighted by atomic mass is 9.44. The van der Waals surface area contributed by atoms with Crippen LogP contribution in [-0.2, 0) is 38.4 Å². The molecule has 59 heavy (non-hydrogen) atoms. The highest BCUT2D eigenvalue weighted by molar-refractivity contribution is 5.87. The number of hydrogen-bond acceptors (Lipinski definition) is 11. The van der Waals surface area contributed by atoms with Crippen molar-refractivity contribution in [3.8, 4) is 0 Å². The molecule has 0 aromatic rings. The molecule has 332 valence electrons. The predicted molar refractivity (Wildman–Crippen MR) is 209 cm³/mol. The maximum Gasteiger partial charge on any atom is 0.320 e. The second-order valence-electron chi connectivity index (χ2n) is 18.1. The van der Waals surface area contributed by atoms with E-state index in [-0.39, 0.29) is 92.4 Å². The summed E-state index contributed by atoms with van der Waals surface area (Å²) in [5.74, 6) is -5.82. The molecule has 0 aliphatic heterocycles. The summed E-state index contributed by atoms with van der Waals surface area (Å²) >= 11 is 0. The molecular formula is C41H64N4O14. The number of carboxylic acid groups (broad SMARTS) is 6. The van der Waals surface area contributed by atoms with E-state index in [1.165, 1.54) is 4.90 Å². The van der Waals surface area contributed by atoms with Crippen LogP contribution in [0.15, 0.2) is 0 Å². The molecule has 1 amide bonds. The van der Waals surface area contributed by atoms with Gasteiger partial charge in [0.2, 0.25) is 5.91 Å². The van der Waals surface area contributed by atoms with Crippen molar-refractivity contribution >= 4 is 47.5 Å². The van der Waals surface area contributed by atoms with Gasteiger partial charge in [0, 0.05) is 56.9 Å². The second-order valence-corrected chi connectivity index (χ2v) is 18.1. The molecule has 4 saturated carbocycles. The molecule has 0 aromatic heterocycles. The maximum atomic E-state index is 14.2. The van der Waals surface area contributed by atoms with E-state index in [0.29, 0.717) is 31.0 Å². The SMILES string of the molecule is CC(CCC(=O)O)[C@H]1CCC2C3CCC4C[C@@H](NC(=O)CC[C@H](C(=O)O)N(CCN(CC(=O)O)CC(=O)O)CCN(CC(=O)O)CC(=O)O)CC[C@]4(C)C3CC(=O)[C@@]21C. The summed E-state index contributed by atoms with van der Waals surface area (Å²) in [7, 11) is 0. The zero-order valence-corrected chi connectivity index (χ0v) is 34.6. The Morgan fingerprint density at radius 3 is 1.76 bits per heavy atom. The molecule has 0 radical (unpaired) electrons. The zero-order chi connectivity index (χ0) is 43.8. The summed E-state index contributed by atoms with van der Waals surface area (Å²) in [6.07, 6.45) is 6.98. The van der Waals surface area contributed by atoms with Crippen molar-refractivity contribution in [3.63, 3.8) is 0 Å². The first-order valence-electron chi connectivity index (χ1n) is 21.0. The summed E-state index contributed by atoms with van der Waals surface area (Å²) in [5.41, 5.74) is -0.517. The normalized spacial score (nSPS) is 29.9. The molecular weight excluding hydrogens is 772 g/mol. The number of Topliss-reactive ketones (excluding diaryl/α,β-unsaturated/α-hetero) is 1. The Hall–Kier alpha value is -4.16. The Bertz CT molecular complexity index is 1520. The monoisotopic (exact) mass is 836 g/mol. The third-order valence-electron chi connectivity index (χ3n) is 14.7. The Labute approximate surface area is 344 Å². The lowest BCUT2D eigenvalue weighted by Gasteiger charge is -2.60. The highest BCUT2D eigenvalue weighted by Crippen LogP contribution is 2.67. The summed E-state index contributed by atoms with van der Waals surface area (Å²) in [5, 5.41) is 59.8. The average molecular weight is 837 g/mol. The molecule has 0 saturated heterocycles. The average Bonchev–Trinajstić information content (AvgIpc) is 3.49. The van der Waals surface area contributed by atoms with Crippen LogP contribution in [0.2, 0.25) is 0 Å². The molecule has 18 heteroatoms. The van der Waals surface area contributed by atoms with E-state index in [4.69, 9.17) is 0 Å². The van der Waals surface area contributed by atoms with Crippen molar-refractivity contribution in [1.82, 2.24) is 20.0 Å². The smallest absolute Gasteiger partial charge is 0.320 e. The molecule has 7 N–H and O–H groups in total. The molecule has 0 bridgehead atoms. The van der Waals surface area contributed by atoms with Gasteiger partial charge in [-0.05, 0) is 98.7 Å². The molecule has 4 aliphatic rings. The Morgan fingerprint density at radius 2 is 1.25 bits per heavy atom. The van der Waals surface area contributed by atoms with E-state index in [1.807, 2.05) is 0 Å². The number of nitrogens with zero attached hydrogens (tertiary/aromatic N) is 3. The highest BCUT2D eigenvalue weighted by Gasteiger charge is 2.64. The van der Waals surface area contributed by atoms with Crippen LogP contribution >= 0.6 is 0 Å². The van der Waals surface area contributed by atoms with Crippen LogP contribution in [0, 0.1) is 46.3 Å². The van der Waals surface area contributed by atoms with Gasteiger partial charge in [-0.25, -0.2) is 0 Å². The molecule has 18 nitrogen and oxygen atoms in total. The fraction of sp³-hybridized carbons (Fsp3) is 0.805. The van der Waals surface area contributed by atoms with Gasteiger partial charge in [-0.3, -0.25) is 53.1 Å². The Morgan fingerprint density at radius 1 is 0.695 bits per heavy atom. The van der Waals surface area contributed by atoms with E-state index in [2.05, 4.69) is 26.1 Å². The Kier molecular flexibility index (Phi) is 16.4. The number of aliphatic carboxylic acids is 6. The number of carbonyl (C=O) groups is 8. The molecule has 0 aromatic carbocycles. The highest BCUT2D eigenvalue weighted by atomic mass is 16.4. The third kappa shape index (κ3) is 12.0. The fourth-order valence-electron chi connectivity index (χ4n) is 11.8. The topological polar surface area (TPSA) is 280 Å². The molecule has 0 spiro atoms. The fourth-order valence-corrected chi connectivity index (χ4v) is 11.8. The van der Waals surface area contributed by atoms with Crippen LogP contribution in [0.3, 0.4) is 0 Å². The zero-order valence-electron chi connectivity index (χ0n) is 34.6. The standard InChI is InChI=1S/C41H64N4O14/c1-24(4-11-34(48)49)28-7-8-29-27-6-5-25-18-26(12-13-40(25,2)30(27)19-32(46)41(28,29)3)42-33(47)10-9-31(39(58)59)45(16-14-43(20-35(50)51)21-36(52)53)17-15-44(22-37(54)55)23-38(56)57/h24-31H,4-23H2,1-3H3,(H,42,47)(H,48,49)(H,50,51)(H,52,53)(H,54,55)(H,56,57)(H,58,59)/t24?,25?,26-,27?,28+,29?,30?,31+,40-,41+/m0/s1. The number of ketones is 1. The maximum absolute atomic E-state index is 14.2. The summed E-state index contributed by atoms with van der Waals surface area (Å²) in [6.45, 7) is 3.29. The van der Waals surface area contributed by atoms with Gasteiger partial charge < -0.3 is 36.0 Å². The van der Waals surface area contributed by atoms with E-state index in [0.717, 1.165) is 48.3 Å². The minimum absolute atomic E-state index is 0.0760. The quantitative estimate of drug-likeness (QED) is 0.0734.